The lowest BCUT2D eigenvalue weighted by atomic mass is 10.0. The number of methoxy groups -OCH3 is 1. The highest BCUT2D eigenvalue weighted by Crippen LogP contribution is 2.40. The standard InChI is InChI=1S/C25H33N5O2/c1-6-30(7-2)22(18-9-8-10-19(13-18)32-5)15-26-25(31)20-14-21(17-11-12-17)27-24-23(20)16(3)28-29(24)4/h8-10,13-14,17,22H,6-7,11-12,15H2,1-5H3,(H,26,31). The van der Waals surface area contributed by atoms with Crippen LogP contribution in [0.15, 0.2) is 30.3 Å². The smallest absolute Gasteiger partial charge is 0.252 e. The minimum atomic E-state index is -0.0737. The highest BCUT2D eigenvalue weighted by Gasteiger charge is 2.29. The number of benzene rings is 1. The molecule has 0 radical (unpaired) electrons. The fraction of sp³-hybridized carbons (Fsp3) is 0.480. The lowest BCUT2D eigenvalue weighted by Gasteiger charge is -2.30. The molecule has 4 rings (SSSR count). The molecule has 1 fully saturated rings. The van der Waals surface area contributed by atoms with Gasteiger partial charge in [0.2, 0.25) is 0 Å². The summed E-state index contributed by atoms with van der Waals surface area (Å²) in [5, 5.41) is 8.58. The highest BCUT2D eigenvalue weighted by molar-refractivity contribution is 6.06. The maximum Gasteiger partial charge on any atom is 0.252 e. The summed E-state index contributed by atoms with van der Waals surface area (Å²) in [7, 11) is 3.57. The second-order valence-electron chi connectivity index (χ2n) is 8.50. The quantitative estimate of drug-likeness (QED) is 0.551. The van der Waals surface area contributed by atoms with Crippen molar-refractivity contribution >= 4 is 16.9 Å². The van der Waals surface area contributed by atoms with E-state index in [0.717, 1.165) is 59.7 Å². The molecule has 32 heavy (non-hydrogen) atoms. The number of nitrogens with one attached hydrogen (secondary N) is 1. The van der Waals surface area contributed by atoms with Crippen LogP contribution in [-0.4, -0.2) is 52.3 Å². The first kappa shape index (κ1) is 22.3. The van der Waals surface area contributed by atoms with Gasteiger partial charge in [0, 0.05) is 25.2 Å². The lowest BCUT2D eigenvalue weighted by molar-refractivity contribution is 0.0936. The molecule has 0 bridgehead atoms. The molecule has 3 aromatic rings. The van der Waals surface area contributed by atoms with Gasteiger partial charge in [0.1, 0.15) is 5.75 Å². The van der Waals surface area contributed by atoms with Gasteiger partial charge in [0.15, 0.2) is 5.65 Å². The van der Waals surface area contributed by atoms with Gasteiger partial charge in [0.25, 0.3) is 5.91 Å². The van der Waals surface area contributed by atoms with Crippen molar-refractivity contribution in [1.29, 1.82) is 0 Å². The molecule has 1 aliphatic rings. The molecule has 0 saturated heterocycles. The Bertz CT molecular complexity index is 1110. The van der Waals surface area contributed by atoms with E-state index in [1.807, 2.05) is 32.2 Å². The van der Waals surface area contributed by atoms with Crippen molar-refractivity contribution in [2.24, 2.45) is 7.05 Å². The van der Waals surface area contributed by atoms with Gasteiger partial charge in [0.05, 0.1) is 29.8 Å². The Morgan fingerprint density at radius 3 is 2.69 bits per heavy atom. The monoisotopic (exact) mass is 435 g/mol. The van der Waals surface area contributed by atoms with Gasteiger partial charge in [-0.2, -0.15) is 5.10 Å². The number of carbonyl (C=O) groups excluding carboxylic acids is 1. The zero-order valence-corrected chi connectivity index (χ0v) is 19.7. The number of ether oxygens (including phenoxy) is 1. The number of aryl methyl sites for hydroxylation is 2. The molecule has 170 valence electrons. The van der Waals surface area contributed by atoms with E-state index in [1.54, 1.807) is 11.8 Å². The number of nitrogens with zero attached hydrogens (tertiary/aromatic N) is 4. The third-order valence-corrected chi connectivity index (χ3v) is 6.42. The van der Waals surface area contributed by atoms with E-state index < -0.39 is 0 Å². The van der Waals surface area contributed by atoms with Crippen LogP contribution in [0, 0.1) is 6.92 Å². The molecule has 0 aliphatic heterocycles. The van der Waals surface area contributed by atoms with Gasteiger partial charge in [-0.1, -0.05) is 26.0 Å². The Hall–Kier alpha value is -2.93. The van der Waals surface area contributed by atoms with Gasteiger partial charge in [-0.3, -0.25) is 14.4 Å². The number of rotatable bonds is 9. The largest absolute Gasteiger partial charge is 0.497 e. The van der Waals surface area contributed by atoms with Crippen LogP contribution in [0.5, 0.6) is 5.75 Å². The van der Waals surface area contributed by atoms with E-state index >= 15 is 0 Å². The lowest BCUT2D eigenvalue weighted by Crippen LogP contribution is -2.38. The van der Waals surface area contributed by atoms with E-state index in [1.165, 1.54) is 0 Å². The molecule has 1 aromatic carbocycles. The maximum atomic E-state index is 13.5. The summed E-state index contributed by atoms with van der Waals surface area (Å²) in [6, 6.07) is 10.1. The van der Waals surface area contributed by atoms with Crippen molar-refractivity contribution in [2.75, 3.05) is 26.7 Å². The predicted octanol–water partition coefficient (Wildman–Crippen LogP) is 3.98. The third-order valence-electron chi connectivity index (χ3n) is 6.42. The molecule has 2 aromatic heterocycles. The maximum absolute atomic E-state index is 13.5. The molecule has 1 atom stereocenters. The van der Waals surface area contributed by atoms with E-state index in [0.29, 0.717) is 18.0 Å². The van der Waals surface area contributed by atoms with Crippen molar-refractivity contribution in [1.82, 2.24) is 25.0 Å². The SMILES string of the molecule is CCN(CC)C(CNC(=O)c1cc(C2CC2)nc2c1c(C)nn2C)c1cccc(OC)c1. The first-order chi connectivity index (χ1) is 15.5. The van der Waals surface area contributed by atoms with Crippen LogP contribution in [0.4, 0.5) is 0 Å². The van der Waals surface area contributed by atoms with Crippen LogP contribution in [0.2, 0.25) is 0 Å². The van der Waals surface area contributed by atoms with Crippen molar-refractivity contribution < 1.29 is 9.53 Å². The molecule has 1 N–H and O–H groups in total. The average molecular weight is 436 g/mol. The average Bonchev–Trinajstić information content (AvgIpc) is 3.62. The Balaban J connectivity index is 1.64. The molecular weight excluding hydrogens is 402 g/mol. The van der Waals surface area contributed by atoms with Crippen molar-refractivity contribution in [3.05, 3.63) is 52.8 Å². The fourth-order valence-electron chi connectivity index (χ4n) is 4.49. The highest BCUT2D eigenvalue weighted by atomic mass is 16.5. The number of carbonyl (C=O) groups is 1. The molecule has 7 nitrogen and oxygen atoms in total. The molecule has 2 heterocycles. The van der Waals surface area contributed by atoms with E-state index in [2.05, 4.69) is 41.3 Å². The first-order valence-corrected chi connectivity index (χ1v) is 11.5. The van der Waals surface area contributed by atoms with Crippen LogP contribution in [-0.2, 0) is 7.05 Å². The molecule has 0 spiro atoms. The minimum Gasteiger partial charge on any atom is -0.497 e. The Morgan fingerprint density at radius 2 is 2.03 bits per heavy atom. The van der Waals surface area contributed by atoms with Crippen LogP contribution in [0.3, 0.4) is 0 Å². The van der Waals surface area contributed by atoms with Crippen LogP contribution < -0.4 is 10.1 Å². The second-order valence-corrected chi connectivity index (χ2v) is 8.50. The number of pyridine rings is 1. The summed E-state index contributed by atoms with van der Waals surface area (Å²) in [5.41, 5.74) is 4.41. The summed E-state index contributed by atoms with van der Waals surface area (Å²) < 4.78 is 7.21. The molecule has 1 unspecified atom stereocenters. The molecule has 1 amide bonds. The summed E-state index contributed by atoms with van der Waals surface area (Å²) >= 11 is 0. The normalized spacial score (nSPS) is 14.7. The number of hydrogen-bond donors (Lipinski definition) is 1. The first-order valence-electron chi connectivity index (χ1n) is 11.5. The van der Waals surface area contributed by atoms with E-state index in [-0.39, 0.29) is 11.9 Å². The van der Waals surface area contributed by atoms with E-state index in [9.17, 15) is 4.79 Å². The predicted molar refractivity (Wildman–Crippen MR) is 126 cm³/mol. The Morgan fingerprint density at radius 1 is 1.28 bits per heavy atom. The van der Waals surface area contributed by atoms with Crippen molar-refractivity contribution in [3.8, 4) is 5.75 Å². The number of likely N-dealkylation sites (N-methyl/N-ethyl adjacent to an activating group) is 1. The van der Waals surface area contributed by atoms with E-state index in [4.69, 9.17) is 9.72 Å². The molecule has 1 aliphatic carbocycles. The van der Waals surface area contributed by atoms with Crippen molar-refractivity contribution in [2.45, 2.75) is 45.6 Å². The summed E-state index contributed by atoms with van der Waals surface area (Å²) in [5.74, 6) is 1.21. The van der Waals surface area contributed by atoms with Gasteiger partial charge in [-0.05, 0) is 56.6 Å². The number of aromatic nitrogens is 3. The van der Waals surface area contributed by atoms with Gasteiger partial charge >= 0.3 is 0 Å². The summed E-state index contributed by atoms with van der Waals surface area (Å²) in [6.45, 7) is 8.52. The Kier molecular flexibility index (Phi) is 6.46. The minimum absolute atomic E-state index is 0.0549. The molecule has 7 heteroatoms. The second kappa shape index (κ2) is 9.28. The summed E-state index contributed by atoms with van der Waals surface area (Å²) in [4.78, 5) is 20.6. The van der Waals surface area contributed by atoms with Gasteiger partial charge in [-0.25, -0.2) is 4.98 Å². The number of fused-ring (bicyclic) bond motifs is 1. The van der Waals surface area contributed by atoms with Gasteiger partial charge < -0.3 is 10.1 Å². The molecular formula is C25H33N5O2. The zero-order valence-electron chi connectivity index (χ0n) is 19.7. The van der Waals surface area contributed by atoms with Crippen molar-refractivity contribution in [3.63, 3.8) is 0 Å². The third kappa shape index (κ3) is 4.35. The van der Waals surface area contributed by atoms with Crippen LogP contribution >= 0.6 is 0 Å². The topological polar surface area (TPSA) is 72.3 Å². The number of amides is 1. The van der Waals surface area contributed by atoms with Crippen LogP contribution in [0.25, 0.3) is 11.0 Å². The van der Waals surface area contributed by atoms with Gasteiger partial charge in [-0.15, -0.1) is 0 Å². The number of hydrogen-bond acceptors (Lipinski definition) is 5. The zero-order chi connectivity index (χ0) is 22.8. The fourth-order valence-corrected chi connectivity index (χ4v) is 4.49. The Labute approximate surface area is 189 Å². The molecule has 1 saturated carbocycles. The van der Waals surface area contributed by atoms with Crippen LogP contribution in [0.1, 0.15) is 66.0 Å². The summed E-state index contributed by atoms with van der Waals surface area (Å²) in [6.07, 6.45) is 2.27.